The number of aromatic nitrogens is 2. The van der Waals surface area contributed by atoms with Crippen molar-refractivity contribution in [3.63, 3.8) is 0 Å². The molecule has 0 aliphatic heterocycles. The van der Waals surface area contributed by atoms with Crippen molar-refractivity contribution in [3.8, 4) is 0 Å². The smallest absolute Gasteiger partial charge is 0.233 e. The molecule has 1 aromatic heterocycles. The Balaban J connectivity index is 2.59. The molecule has 0 spiro atoms. The molecule has 54 valence electrons. The highest BCUT2D eigenvalue weighted by molar-refractivity contribution is 5.78. The summed E-state index contributed by atoms with van der Waals surface area (Å²) in [7, 11) is 0. The molecule has 0 aromatic carbocycles. The Morgan fingerprint density at radius 3 is 3.00 bits per heavy atom. The molecule has 0 atom stereocenters. The molecule has 1 heterocycles. The van der Waals surface area contributed by atoms with Gasteiger partial charge in [-0.2, -0.15) is 0 Å². The number of nitrogens with two attached hydrogens (primary N) is 1. The minimum absolute atomic E-state index is 0.0139. The van der Waals surface area contributed by atoms with Crippen molar-refractivity contribution >= 4 is 5.91 Å². The van der Waals surface area contributed by atoms with Crippen molar-refractivity contribution < 1.29 is 4.79 Å². The van der Waals surface area contributed by atoms with Crippen LogP contribution in [0.4, 0.5) is 0 Å². The van der Waals surface area contributed by atoms with Gasteiger partial charge in [0.05, 0.1) is 0 Å². The zero-order valence-corrected chi connectivity index (χ0v) is 5.53. The van der Waals surface area contributed by atoms with E-state index in [2.05, 4.69) is 4.98 Å². The van der Waals surface area contributed by atoms with Crippen LogP contribution in [0.15, 0.2) is 18.7 Å². The van der Waals surface area contributed by atoms with E-state index in [0.29, 0.717) is 13.0 Å². The molecule has 0 amide bonds. The van der Waals surface area contributed by atoms with Crippen LogP contribution in [0.1, 0.15) is 11.2 Å². The summed E-state index contributed by atoms with van der Waals surface area (Å²) in [5.41, 5.74) is 5.18. The van der Waals surface area contributed by atoms with E-state index in [-0.39, 0.29) is 5.91 Å². The standard InChI is InChI=1S/C6H9N3O/c7-2-1-6(10)9-4-3-8-5-9/h3-5H,1-2,7H2. The first kappa shape index (κ1) is 6.95. The Labute approximate surface area is 58.7 Å². The molecular weight excluding hydrogens is 130 g/mol. The highest BCUT2D eigenvalue weighted by Gasteiger charge is 1.99. The maximum Gasteiger partial charge on any atom is 0.233 e. The molecule has 0 unspecified atom stereocenters. The number of rotatable bonds is 2. The summed E-state index contributed by atoms with van der Waals surface area (Å²) in [6, 6.07) is 0. The van der Waals surface area contributed by atoms with Gasteiger partial charge < -0.3 is 5.73 Å². The monoisotopic (exact) mass is 139 g/mol. The first-order chi connectivity index (χ1) is 4.84. The number of hydrogen-bond donors (Lipinski definition) is 1. The van der Waals surface area contributed by atoms with Gasteiger partial charge in [-0.3, -0.25) is 9.36 Å². The first-order valence-corrected chi connectivity index (χ1v) is 3.06. The van der Waals surface area contributed by atoms with Gasteiger partial charge >= 0.3 is 0 Å². The number of carbonyl (C=O) groups is 1. The van der Waals surface area contributed by atoms with Gasteiger partial charge in [-0.15, -0.1) is 0 Å². The van der Waals surface area contributed by atoms with Crippen molar-refractivity contribution in [2.75, 3.05) is 6.54 Å². The van der Waals surface area contributed by atoms with Gasteiger partial charge in [-0.1, -0.05) is 0 Å². The van der Waals surface area contributed by atoms with Crippen LogP contribution in [0.2, 0.25) is 0 Å². The summed E-state index contributed by atoms with van der Waals surface area (Å²) in [6.07, 6.45) is 5.01. The normalized spacial score (nSPS) is 9.70. The maximum atomic E-state index is 10.9. The summed E-state index contributed by atoms with van der Waals surface area (Å²) in [5.74, 6) is -0.0139. The Bertz CT molecular complexity index is 205. The summed E-state index contributed by atoms with van der Waals surface area (Å²) >= 11 is 0. The Morgan fingerprint density at radius 2 is 2.50 bits per heavy atom. The molecule has 10 heavy (non-hydrogen) atoms. The zero-order chi connectivity index (χ0) is 7.40. The van der Waals surface area contributed by atoms with Crippen LogP contribution in [0.3, 0.4) is 0 Å². The van der Waals surface area contributed by atoms with E-state index in [0.717, 1.165) is 0 Å². The highest BCUT2D eigenvalue weighted by Crippen LogP contribution is 1.88. The lowest BCUT2D eigenvalue weighted by atomic mass is 10.4. The molecule has 1 aromatic rings. The molecule has 2 N–H and O–H groups in total. The third-order valence-corrected chi connectivity index (χ3v) is 1.15. The molecule has 4 nitrogen and oxygen atoms in total. The summed E-state index contributed by atoms with van der Waals surface area (Å²) < 4.78 is 1.42. The second-order valence-corrected chi connectivity index (χ2v) is 1.90. The van der Waals surface area contributed by atoms with E-state index in [1.807, 2.05) is 0 Å². The van der Waals surface area contributed by atoms with Crippen molar-refractivity contribution in [3.05, 3.63) is 18.7 Å². The topological polar surface area (TPSA) is 60.9 Å². The van der Waals surface area contributed by atoms with Gasteiger partial charge in [0, 0.05) is 25.4 Å². The third-order valence-electron chi connectivity index (χ3n) is 1.15. The second-order valence-electron chi connectivity index (χ2n) is 1.90. The summed E-state index contributed by atoms with van der Waals surface area (Å²) in [4.78, 5) is 14.7. The van der Waals surface area contributed by atoms with Crippen LogP contribution < -0.4 is 5.73 Å². The lowest BCUT2D eigenvalue weighted by Gasteiger charge is -1.95. The van der Waals surface area contributed by atoms with Gasteiger partial charge in [0.1, 0.15) is 6.33 Å². The Morgan fingerprint density at radius 1 is 1.70 bits per heavy atom. The zero-order valence-electron chi connectivity index (χ0n) is 5.53. The molecule has 4 heteroatoms. The molecule has 0 saturated heterocycles. The molecule has 0 aliphatic rings. The van der Waals surface area contributed by atoms with E-state index in [4.69, 9.17) is 5.73 Å². The van der Waals surface area contributed by atoms with Gasteiger partial charge in [-0.05, 0) is 0 Å². The van der Waals surface area contributed by atoms with Gasteiger partial charge in [-0.25, -0.2) is 4.98 Å². The van der Waals surface area contributed by atoms with Crippen molar-refractivity contribution in [1.82, 2.24) is 9.55 Å². The SMILES string of the molecule is NCCC(=O)n1ccnc1. The lowest BCUT2D eigenvalue weighted by molar-refractivity contribution is 0.0905. The van der Waals surface area contributed by atoms with Crippen molar-refractivity contribution in [2.24, 2.45) is 5.73 Å². The number of hydrogen-bond acceptors (Lipinski definition) is 3. The van der Waals surface area contributed by atoms with Crippen LogP contribution in [0.25, 0.3) is 0 Å². The van der Waals surface area contributed by atoms with Crippen LogP contribution in [-0.4, -0.2) is 22.0 Å². The molecule has 0 fully saturated rings. The summed E-state index contributed by atoms with van der Waals surface area (Å²) in [5, 5.41) is 0. The molecular formula is C6H9N3O. The quantitative estimate of drug-likeness (QED) is 0.621. The highest BCUT2D eigenvalue weighted by atomic mass is 16.2. The van der Waals surface area contributed by atoms with E-state index >= 15 is 0 Å². The molecule has 0 radical (unpaired) electrons. The number of nitrogens with zero attached hydrogens (tertiary/aromatic N) is 2. The average molecular weight is 139 g/mol. The Kier molecular flexibility index (Phi) is 2.17. The van der Waals surface area contributed by atoms with E-state index in [9.17, 15) is 4.79 Å². The lowest BCUT2D eigenvalue weighted by Crippen LogP contribution is -2.13. The predicted molar refractivity (Wildman–Crippen MR) is 36.5 cm³/mol. The minimum Gasteiger partial charge on any atom is -0.330 e. The van der Waals surface area contributed by atoms with E-state index < -0.39 is 0 Å². The first-order valence-electron chi connectivity index (χ1n) is 3.06. The van der Waals surface area contributed by atoms with Crippen LogP contribution in [0.5, 0.6) is 0 Å². The molecule has 0 aliphatic carbocycles. The van der Waals surface area contributed by atoms with Crippen molar-refractivity contribution in [1.29, 1.82) is 0 Å². The average Bonchev–Trinajstić information content (AvgIpc) is 2.38. The van der Waals surface area contributed by atoms with Crippen LogP contribution >= 0.6 is 0 Å². The largest absolute Gasteiger partial charge is 0.330 e. The third kappa shape index (κ3) is 1.41. The molecule has 0 saturated carbocycles. The summed E-state index contributed by atoms with van der Waals surface area (Å²) in [6.45, 7) is 0.386. The van der Waals surface area contributed by atoms with Gasteiger partial charge in [0.15, 0.2) is 0 Å². The van der Waals surface area contributed by atoms with E-state index in [1.165, 1.54) is 10.9 Å². The Hall–Kier alpha value is -1.16. The van der Waals surface area contributed by atoms with Crippen LogP contribution in [0, 0.1) is 0 Å². The maximum absolute atomic E-state index is 10.9. The van der Waals surface area contributed by atoms with E-state index in [1.54, 1.807) is 12.4 Å². The molecule has 0 bridgehead atoms. The number of carbonyl (C=O) groups excluding carboxylic acids is 1. The minimum atomic E-state index is -0.0139. The fourth-order valence-corrected chi connectivity index (χ4v) is 0.659. The number of imidazole rings is 1. The fraction of sp³-hybridized carbons (Fsp3) is 0.333. The fourth-order valence-electron chi connectivity index (χ4n) is 0.659. The molecule has 1 rings (SSSR count). The van der Waals surface area contributed by atoms with Gasteiger partial charge in [0.25, 0.3) is 0 Å². The van der Waals surface area contributed by atoms with Crippen molar-refractivity contribution in [2.45, 2.75) is 6.42 Å². The second kappa shape index (κ2) is 3.12. The van der Waals surface area contributed by atoms with Crippen LogP contribution in [-0.2, 0) is 0 Å². The predicted octanol–water partition coefficient (Wildman–Crippen LogP) is -0.128. The van der Waals surface area contributed by atoms with Gasteiger partial charge in [0.2, 0.25) is 5.91 Å².